The van der Waals surface area contributed by atoms with Crippen molar-refractivity contribution in [2.75, 3.05) is 15.9 Å². The molecule has 1 amide bonds. The van der Waals surface area contributed by atoms with Gasteiger partial charge in [0, 0.05) is 10.7 Å². The van der Waals surface area contributed by atoms with Crippen molar-refractivity contribution in [1.82, 2.24) is 0 Å². The van der Waals surface area contributed by atoms with Crippen molar-refractivity contribution in [3.8, 4) is 0 Å². The number of benzene rings is 2. The van der Waals surface area contributed by atoms with Gasteiger partial charge in [-0.25, -0.2) is 8.42 Å². The van der Waals surface area contributed by atoms with E-state index in [1.165, 1.54) is 4.31 Å². The van der Waals surface area contributed by atoms with Crippen molar-refractivity contribution in [2.24, 2.45) is 0 Å². The molecule has 1 atom stereocenters. The second-order valence-corrected chi connectivity index (χ2v) is 8.54. The van der Waals surface area contributed by atoms with Crippen LogP contribution in [0.25, 0.3) is 0 Å². The average molecular weight is 395 g/mol. The number of rotatable bonds is 6. The lowest BCUT2D eigenvalue weighted by Gasteiger charge is -2.30. The Morgan fingerprint density at radius 1 is 1.12 bits per heavy atom. The van der Waals surface area contributed by atoms with Crippen LogP contribution in [-0.2, 0) is 14.8 Å². The molecular formula is C19H23ClN2O3S. The summed E-state index contributed by atoms with van der Waals surface area (Å²) in [4.78, 5) is 12.8. The number of aryl methyl sites for hydroxylation is 2. The van der Waals surface area contributed by atoms with Crippen molar-refractivity contribution in [2.45, 2.75) is 33.2 Å². The first-order valence-corrected chi connectivity index (χ1v) is 10.5. The van der Waals surface area contributed by atoms with Crippen LogP contribution in [0, 0.1) is 13.8 Å². The zero-order chi connectivity index (χ0) is 19.5. The number of hydrogen-bond acceptors (Lipinski definition) is 3. The molecule has 2 aromatic rings. The summed E-state index contributed by atoms with van der Waals surface area (Å²) in [7, 11) is -3.65. The van der Waals surface area contributed by atoms with E-state index in [9.17, 15) is 13.2 Å². The lowest BCUT2D eigenvalue weighted by Crippen LogP contribution is -2.47. The van der Waals surface area contributed by atoms with Gasteiger partial charge in [-0.1, -0.05) is 24.6 Å². The maximum absolute atomic E-state index is 12.8. The van der Waals surface area contributed by atoms with Crippen molar-refractivity contribution >= 4 is 38.9 Å². The zero-order valence-electron chi connectivity index (χ0n) is 15.3. The van der Waals surface area contributed by atoms with E-state index in [0.29, 0.717) is 22.8 Å². The van der Waals surface area contributed by atoms with Gasteiger partial charge in [0.25, 0.3) is 0 Å². The van der Waals surface area contributed by atoms with Gasteiger partial charge in [0.15, 0.2) is 0 Å². The molecule has 0 fully saturated rings. The summed E-state index contributed by atoms with van der Waals surface area (Å²) in [5.41, 5.74) is 3.06. The lowest BCUT2D eigenvalue weighted by molar-refractivity contribution is -0.117. The Hall–Kier alpha value is -2.05. The third-order valence-corrected chi connectivity index (χ3v) is 5.62. The summed E-state index contributed by atoms with van der Waals surface area (Å²) in [6.45, 7) is 5.65. The van der Waals surface area contributed by atoms with Crippen molar-refractivity contribution < 1.29 is 13.2 Å². The van der Waals surface area contributed by atoms with Crippen LogP contribution in [0.3, 0.4) is 0 Å². The molecule has 7 heteroatoms. The van der Waals surface area contributed by atoms with E-state index >= 15 is 0 Å². The van der Waals surface area contributed by atoms with Gasteiger partial charge in [-0.05, 0) is 67.8 Å². The molecule has 5 nitrogen and oxygen atoms in total. The van der Waals surface area contributed by atoms with E-state index in [2.05, 4.69) is 5.32 Å². The summed E-state index contributed by atoms with van der Waals surface area (Å²) in [6.07, 6.45) is 1.44. The van der Waals surface area contributed by atoms with Gasteiger partial charge < -0.3 is 5.32 Å². The van der Waals surface area contributed by atoms with Crippen molar-refractivity contribution in [1.29, 1.82) is 0 Å². The topological polar surface area (TPSA) is 66.5 Å². The van der Waals surface area contributed by atoms with Gasteiger partial charge in [-0.2, -0.15) is 0 Å². The minimum atomic E-state index is -3.65. The SMILES string of the molecule is CC[C@@H](C(=O)Nc1ccc(Cl)cc1)N(c1ccc(C)c(C)c1)S(C)(=O)=O. The average Bonchev–Trinajstić information content (AvgIpc) is 2.56. The third-order valence-electron chi connectivity index (χ3n) is 4.19. The third kappa shape index (κ3) is 4.77. The van der Waals surface area contributed by atoms with Crippen molar-refractivity contribution in [3.05, 3.63) is 58.6 Å². The number of nitrogens with one attached hydrogen (secondary N) is 1. The number of carbonyl (C=O) groups excluding carboxylic acids is 1. The summed E-state index contributed by atoms with van der Waals surface area (Å²) >= 11 is 5.86. The molecule has 0 saturated carbocycles. The van der Waals surface area contributed by atoms with Crippen molar-refractivity contribution in [3.63, 3.8) is 0 Å². The fourth-order valence-electron chi connectivity index (χ4n) is 2.68. The van der Waals surface area contributed by atoms with Crippen LogP contribution in [-0.4, -0.2) is 26.6 Å². The van der Waals surface area contributed by atoms with Crippen LogP contribution in [0.4, 0.5) is 11.4 Å². The number of amides is 1. The molecule has 0 bridgehead atoms. The highest BCUT2D eigenvalue weighted by Gasteiger charge is 2.31. The van der Waals surface area contributed by atoms with E-state index < -0.39 is 22.0 Å². The van der Waals surface area contributed by atoms with E-state index in [4.69, 9.17) is 11.6 Å². The number of hydrogen-bond donors (Lipinski definition) is 1. The lowest BCUT2D eigenvalue weighted by atomic mass is 10.1. The Bertz CT molecular complexity index is 896. The van der Waals surface area contributed by atoms with Gasteiger partial charge in [0.05, 0.1) is 11.9 Å². The van der Waals surface area contributed by atoms with Crippen LogP contribution in [0.2, 0.25) is 5.02 Å². The number of nitrogens with zero attached hydrogens (tertiary/aromatic N) is 1. The first kappa shape index (κ1) is 20.3. The molecule has 0 spiro atoms. The molecule has 140 valence electrons. The van der Waals surface area contributed by atoms with E-state index in [0.717, 1.165) is 17.4 Å². The molecule has 26 heavy (non-hydrogen) atoms. The van der Waals surface area contributed by atoms with Crippen LogP contribution < -0.4 is 9.62 Å². The fraction of sp³-hybridized carbons (Fsp3) is 0.316. The minimum Gasteiger partial charge on any atom is -0.324 e. The molecule has 0 aliphatic carbocycles. The quantitative estimate of drug-likeness (QED) is 0.800. The van der Waals surface area contributed by atoms with Gasteiger partial charge >= 0.3 is 0 Å². The fourth-order valence-corrected chi connectivity index (χ4v) is 4.01. The Balaban J connectivity index is 2.39. The van der Waals surface area contributed by atoms with Gasteiger partial charge in [-0.15, -0.1) is 0 Å². The standard InChI is InChI=1S/C19H23ClN2O3S/c1-5-18(19(23)21-16-9-7-15(20)8-10-16)22(26(4,24)25)17-11-6-13(2)14(3)12-17/h6-12,18H,5H2,1-4H3,(H,21,23)/t18-/m0/s1. The predicted molar refractivity (Wildman–Crippen MR) is 107 cm³/mol. The van der Waals surface area contributed by atoms with E-state index in [-0.39, 0.29) is 0 Å². The Morgan fingerprint density at radius 3 is 2.23 bits per heavy atom. The molecule has 2 aromatic carbocycles. The number of halogens is 1. The molecule has 0 radical (unpaired) electrons. The smallest absolute Gasteiger partial charge is 0.248 e. The second-order valence-electron chi connectivity index (χ2n) is 6.25. The summed E-state index contributed by atoms with van der Waals surface area (Å²) in [6, 6.07) is 11.2. The normalized spacial score (nSPS) is 12.5. The van der Waals surface area contributed by atoms with Crippen LogP contribution in [0.5, 0.6) is 0 Å². The Labute approximate surface area is 160 Å². The molecule has 1 N–H and O–H groups in total. The molecule has 0 heterocycles. The maximum Gasteiger partial charge on any atom is 0.248 e. The summed E-state index contributed by atoms with van der Waals surface area (Å²) < 4.78 is 26.1. The summed E-state index contributed by atoms with van der Waals surface area (Å²) in [5, 5.41) is 3.32. The minimum absolute atomic E-state index is 0.333. The monoisotopic (exact) mass is 394 g/mol. The largest absolute Gasteiger partial charge is 0.324 e. The molecule has 0 unspecified atom stereocenters. The molecule has 0 aliphatic heterocycles. The number of carbonyl (C=O) groups is 1. The van der Waals surface area contributed by atoms with Crippen LogP contribution in [0.15, 0.2) is 42.5 Å². The molecular weight excluding hydrogens is 372 g/mol. The molecule has 0 aromatic heterocycles. The Morgan fingerprint density at radius 2 is 1.73 bits per heavy atom. The van der Waals surface area contributed by atoms with Crippen LogP contribution in [0.1, 0.15) is 24.5 Å². The first-order valence-electron chi connectivity index (χ1n) is 8.26. The highest BCUT2D eigenvalue weighted by Crippen LogP contribution is 2.26. The first-order chi connectivity index (χ1) is 12.1. The highest BCUT2D eigenvalue weighted by molar-refractivity contribution is 7.92. The maximum atomic E-state index is 12.8. The highest BCUT2D eigenvalue weighted by atomic mass is 35.5. The molecule has 2 rings (SSSR count). The summed E-state index contributed by atoms with van der Waals surface area (Å²) in [5.74, 6) is -0.390. The zero-order valence-corrected chi connectivity index (χ0v) is 16.9. The molecule has 0 saturated heterocycles. The Kier molecular flexibility index (Phi) is 6.31. The van der Waals surface area contributed by atoms with Gasteiger partial charge in [0.1, 0.15) is 6.04 Å². The molecule has 0 aliphatic rings. The number of anilines is 2. The van der Waals surface area contributed by atoms with E-state index in [1.807, 2.05) is 19.9 Å². The van der Waals surface area contributed by atoms with Gasteiger partial charge in [-0.3, -0.25) is 9.10 Å². The van der Waals surface area contributed by atoms with Crippen LogP contribution >= 0.6 is 11.6 Å². The number of sulfonamides is 1. The second kappa shape index (κ2) is 8.10. The van der Waals surface area contributed by atoms with E-state index in [1.54, 1.807) is 43.3 Å². The predicted octanol–water partition coefficient (Wildman–Crippen LogP) is 4.14. The van der Waals surface area contributed by atoms with Gasteiger partial charge in [0.2, 0.25) is 15.9 Å².